The van der Waals surface area contributed by atoms with Crippen LogP contribution in [-0.2, 0) is 9.59 Å². The molecule has 0 saturated heterocycles. The van der Waals surface area contributed by atoms with E-state index in [1.807, 2.05) is 0 Å². The number of amides is 1. The van der Waals surface area contributed by atoms with Gasteiger partial charge in [0, 0.05) is 18.2 Å². The molecule has 0 radical (unpaired) electrons. The minimum absolute atomic E-state index is 0.183. The first kappa shape index (κ1) is 9.97. The van der Waals surface area contributed by atoms with Gasteiger partial charge >= 0.3 is 5.97 Å². The highest BCUT2D eigenvalue weighted by Crippen LogP contribution is 2.07. The van der Waals surface area contributed by atoms with Crippen LogP contribution < -0.4 is 5.32 Å². The fourth-order valence-electron chi connectivity index (χ4n) is 0.733. The molecule has 74 valence electrons. The van der Waals surface area contributed by atoms with Crippen LogP contribution in [-0.4, -0.2) is 22.1 Å². The number of nitrogens with one attached hydrogen (secondary N) is 1. The number of carbonyl (C=O) groups excluding carboxylic acids is 1. The van der Waals surface area contributed by atoms with Gasteiger partial charge in [-0.2, -0.15) is 0 Å². The zero-order chi connectivity index (χ0) is 10.6. The number of nitrogens with zero attached hydrogens (tertiary/aromatic N) is 1. The maximum Gasteiger partial charge on any atom is 0.328 e. The predicted molar refractivity (Wildman–Crippen MR) is 46.6 cm³/mol. The summed E-state index contributed by atoms with van der Waals surface area (Å²) in [6, 6.07) is 1.52. The zero-order valence-corrected chi connectivity index (χ0v) is 7.35. The fraction of sp³-hybridized carbons (Fsp3) is 0.125. The van der Waals surface area contributed by atoms with Crippen molar-refractivity contribution < 1.29 is 19.2 Å². The summed E-state index contributed by atoms with van der Waals surface area (Å²) in [5, 5.41) is 14.1. The summed E-state index contributed by atoms with van der Waals surface area (Å²) in [6.45, 7) is 1.70. The number of rotatable bonds is 3. The van der Waals surface area contributed by atoms with E-state index in [-0.39, 0.29) is 5.88 Å². The molecule has 2 N–H and O–H groups in total. The van der Waals surface area contributed by atoms with Crippen LogP contribution in [0, 0.1) is 6.92 Å². The summed E-state index contributed by atoms with van der Waals surface area (Å²) in [6.07, 6.45) is 1.62. The molecule has 0 fully saturated rings. The minimum atomic E-state index is -1.19. The monoisotopic (exact) mass is 196 g/mol. The van der Waals surface area contributed by atoms with Gasteiger partial charge in [0.15, 0.2) is 0 Å². The van der Waals surface area contributed by atoms with Gasteiger partial charge in [-0.3, -0.25) is 10.1 Å². The maximum atomic E-state index is 11.0. The third-order valence-electron chi connectivity index (χ3n) is 1.25. The van der Waals surface area contributed by atoms with E-state index in [0.717, 1.165) is 12.2 Å². The van der Waals surface area contributed by atoms with Gasteiger partial charge in [-0.1, -0.05) is 5.16 Å². The van der Waals surface area contributed by atoms with Crippen molar-refractivity contribution in [1.29, 1.82) is 0 Å². The van der Waals surface area contributed by atoms with E-state index >= 15 is 0 Å². The average Bonchev–Trinajstić information content (AvgIpc) is 2.48. The van der Waals surface area contributed by atoms with Crippen molar-refractivity contribution in [2.24, 2.45) is 0 Å². The van der Waals surface area contributed by atoms with Gasteiger partial charge in [-0.25, -0.2) is 4.79 Å². The number of hydrogen-bond donors (Lipinski definition) is 2. The molecule has 0 aliphatic heterocycles. The Morgan fingerprint density at radius 1 is 1.57 bits per heavy atom. The van der Waals surface area contributed by atoms with E-state index in [4.69, 9.17) is 5.11 Å². The first-order chi connectivity index (χ1) is 6.58. The molecule has 1 rings (SSSR count). The topological polar surface area (TPSA) is 92.4 Å². The molecule has 0 saturated carbocycles. The molecular formula is C8H8N2O4. The van der Waals surface area contributed by atoms with E-state index in [2.05, 4.69) is 15.0 Å². The predicted octanol–water partition coefficient (Wildman–Crippen LogP) is 0.562. The SMILES string of the molecule is Cc1cc(NC(=O)/C=C/C(=O)O)on1. The number of anilines is 1. The van der Waals surface area contributed by atoms with Crippen molar-refractivity contribution in [1.82, 2.24) is 5.16 Å². The van der Waals surface area contributed by atoms with Crippen molar-refractivity contribution in [3.8, 4) is 0 Å². The quantitative estimate of drug-likeness (QED) is 0.689. The molecule has 6 heteroatoms. The van der Waals surface area contributed by atoms with Crippen molar-refractivity contribution in [3.05, 3.63) is 23.9 Å². The summed E-state index contributed by atoms with van der Waals surface area (Å²) < 4.78 is 4.68. The first-order valence-corrected chi connectivity index (χ1v) is 3.73. The second kappa shape index (κ2) is 4.22. The van der Waals surface area contributed by atoms with E-state index < -0.39 is 11.9 Å². The summed E-state index contributed by atoms with van der Waals surface area (Å²) in [7, 11) is 0. The smallest absolute Gasteiger partial charge is 0.328 e. The highest BCUT2D eigenvalue weighted by atomic mass is 16.5. The van der Waals surface area contributed by atoms with Crippen LogP contribution in [0.25, 0.3) is 0 Å². The van der Waals surface area contributed by atoms with Crippen LogP contribution in [0.1, 0.15) is 5.69 Å². The highest BCUT2D eigenvalue weighted by molar-refractivity contribution is 6.01. The van der Waals surface area contributed by atoms with Crippen LogP contribution in [0.5, 0.6) is 0 Å². The fourth-order valence-corrected chi connectivity index (χ4v) is 0.733. The number of aryl methyl sites for hydroxylation is 1. The van der Waals surface area contributed by atoms with Gasteiger partial charge in [0.2, 0.25) is 5.88 Å². The summed E-state index contributed by atoms with van der Waals surface area (Å²) in [5.41, 5.74) is 0.627. The Hall–Kier alpha value is -2.11. The van der Waals surface area contributed by atoms with Crippen molar-refractivity contribution in [2.45, 2.75) is 6.92 Å². The number of aromatic nitrogens is 1. The molecule has 0 bridgehead atoms. The number of aliphatic carboxylic acids is 1. The lowest BCUT2D eigenvalue weighted by Gasteiger charge is -1.92. The third kappa shape index (κ3) is 3.10. The van der Waals surface area contributed by atoms with Gasteiger partial charge in [0.25, 0.3) is 5.91 Å². The second-order valence-electron chi connectivity index (χ2n) is 2.49. The van der Waals surface area contributed by atoms with Crippen LogP contribution in [0.3, 0.4) is 0 Å². The Bertz CT molecular complexity index is 380. The lowest BCUT2D eigenvalue weighted by molar-refractivity contribution is -0.131. The Balaban J connectivity index is 2.53. The standard InChI is InChI=1S/C8H8N2O4/c1-5-4-7(14-10-5)9-6(11)2-3-8(12)13/h2-4H,1H3,(H,9,11)(H,12,13)/b3-2+. The number of carboxylic acid groups (broad SMARTS) is 1. The van der Waals surface area contributed by atoms with Crippen LogP contribution in [0.15, 0.2) is 22.7 Å². The zero-order valence-electron chi connectivity index (χ0n) is 7.35. The number of carbonyl (C=O) groups is 2. The van der Waals surface area contributed by atoms with E-state index in [9.17, 15) is 9.59 Å². The van der Waals surface area contributed by atoms with Gasteiger partial charge < -0.3 is 9.63 Å². The molecule has 0 aliphatic carbocycles. The van der Waals surface area contributed by atoms with Crippen LogP contribution in [0.2, 0.25) is 0 Å². The Kier molecular flexibility index (Phi) is 3.01. The Morgan fingerprint density at radius 3 is 2.79 bits per heavy atom. The molecule has 0 aliphatic rings. The third-order valence-corrected chi connectivity index (χ3v) is 1.25. The van der Waals surface area contributed by atoms with Gasteiger partial charge in [-0.15, -0.1) is 0 Å². The number of carboxylic acids is 1. The second-order valence-corrected chi connectivity index (χ2v) is 2.49. The molecule has 1 aromatic heterocycles. The maximum absolute atomic E-state index is 11.0. The molecule has 14 heavy (non-hydrogen) atoms. The molecular weight excluding hydrogens is 188 g/mol. The summed E-state index contributed by atoms with van der Waals surface area (Å²) >= 11 is 0. The van der Waals surface area contributed by atoms with E-state index in [1.54, 1.807) is 6.92 Å². The lowest BCUT2D eigenvalue weighted by atomic mass is 10.4. The van der Waals surface area contributed by atoms with E-state index in [0.29, 0.717) is 5.69 Å². The van der Waals surface area contributed by atoms with Crippen LogP contribution >= 0.6 is 0 Å². The summed E-state index contributed by atoms with van der Waals surface area (Å²) in [5.74, 6) is -1.58. The highest BCUT2D eigenvalue weighted by Gasteiger charge is 2.03. The molecule has 0 aromatic carbocycles. The van der Waals surface area contributed by atoms with Gasteiger partial charge in [-0.05, 0) is 6.92 Å². The molecule has 1 heterocycles. The lowest BCUT2D eigenvalue weighted by Crippen LogP contribution is -2.07. The van der Waals surface area contributed by atoms with Crippen molar-refractivity contribution in [3.63, 3.8) is 0 Å². The summed E-state index contributed by atoms with van der Waals surface area (Å²) in [4.78, 5) is 21.0. The van der Waals surface area contributed by atoms with Crippen molar-refractivity contribution in [2.75, 3.05) is 5.32 Å². The van der Waals surface area contributed by atoms with Crippen molar-refractivity contribution >= 4 is 17.8 Å². The molecule has 0 spiro atoms. The normalized spacial score (nSPS) is 10.4. The Morgan fingerprint density at radius 2 is 2.29 bits per heavy atom. The molecule has 6 nitrogen and oxygen atoms in total. The average molecular weight is 196 g/mol. The van der Waals surface area contributed by atoms with Gasteiger partial charge in [0.05, 0.1) is 5.69 Å². The first-order valence-electron chi connectivity index (χ1n) is 3.73. The largest absolute Gasteiger partial charge is 0.478 e. The molecule has 0 atom stereocenters. The Labute approximate surface area is 79.2 Å². The molecule has 0 unspecified atom stereocenters. The van der Waals surface area contributed by atoms with Gasteiger partial charge in [0.1, 0.15) is 0 Å². The van der Waals surface area contributed by atoms with E-state index in [1.165, 1.54) is 6.07 Å². The number of hydrogen-bond acceptors (Lipinski definition) is 4. The van der Waals surface area contributed by atoms with Crippen LogP contribution in [0.4, 0.5) is 5.88 Å². The molecule has 1 aromatic rings. The molecule has 1 amide bonds. The minimum Gasteiger partial charge on any atom is -0.478 e.